The Morgan fingerprint density at radius 2 is 2.09 bits per heavy atom. The van der Waals surface area contributed by atoms with Crippen LogP contribution in [0.3, 0.4) is 0 Å². The van der Waals surface area contributed by atoms with Crippen molar-refractivity contribution in [2.45, 2.75) is 37.3 Å². The normalized spacial score (nSPS) is 23.7. The summed E-state index contributed by atoms with van der Waals surface area (Å²) in [7, 11) is 0. The van der Waals surface area contributed by atoms with E-state index in [1.165, 1.54) is 0 Å². The second-order valence-electron chi connectivity index (χ2n) is 6.23. The predicted molar refractivity (Wildman–Crippen MR) is 88.5 cm³/mol. The number of aliphatic hydroxyl groups is 1. The zero-order valence-corrected chi connectivity index (χ0v) is 13.3. The number of rotatable bonds is 4. The monoisotopic (exact) mass is 319 g/mol. The third-order valence-electron chi connectivity index (χ3n) is 4.56. The topological polar surface area (TPSA) is 89.1 Å². The van der Waals surface area contributed by atoms with Crippen LogP contribution < -0.4 is 15.8 Å². The third kappa shape index (κ3) is 4.14. The maximum atomic E-state index is 10.4. The van der Waals surface area contributed by atoms with Crippen LogP contribution in [-0.4, -0.2) is 43.0 Å². The Labute approximate surface area is 136 Å². The molecule has 2 heterocycles. The van der Waals surface area contributed by atoms with E-state index in [4.69, 9.17) is 15.2 Å². The number of nitrogens with zero attached hydrogens (tertiary/aromatic N) is 1. The van der Waals surface area contributed by atoms with Crippen molar-refractivity contribution in [3.8, 4) is 5.75 Å². The molecule has 0 radical (unpaired) electrons. The largest absolute Gasteiger partial charge is 0.493 e. The van der Waals surface area contributed by atoms with Crippen molar-refractivity contribution in [2.24, 2.45) is 10.7 Å². The Hall–Kier alpha value is -1.79. The fourth-order valence-corrected chi connectivity index (χ4v) is 3.10. The minimum absolute atomic E-state index is 0.120. The number of hydrogen-bond acceptors (Lipinski definition) is 4. The van der Waals surface area contributed by atoms with Crippen molar-refractivity contribution in [2.75, 3.05) is 26.4 Å². The lowest BCUT2D eigenvalue weighted by molar-refractivity contribution is -0.0662. The first-order valence-corrected chi connectivity index (χ1v) is 8.25. The van der Waals surface area contributed by atoms with E-state index in [1.54, 1.807) is 0 Å². The molecule has 6 heteroatoms. The highest BCUT2D eigenvalue weighted by atomic mass is 16.5. The molecule has 1 saturated heterocycles. The summed E-state index contributed by atoms with van der Waals surface area (Å²) >= 11 is 0. The van der Waals surface area contributed by atoms with Crippen molar-refractivity contribution in [3.63, 3.8) is 0 Å². The SMILES string of the molecule is NC(=NCCC1(O)CCOCC1)NC1CCOc2ccccc21. The summed E-state index contributed by atoms with van der Waals surface area (Å²) in [5.41, 5.74) is 6.46. The van der Waals surface area contributed by atoms with Gasteiger partial charge in [-0.25, -0.2) is 0 Å². The molecule has 0 aliphatic carbocycles. The van der Waals surface area contributed by atoms with Crippen LogP contribution in [0.1, 0.15) is 37.3 Å². The molecule has 1 fully saturated rings. The molecule has 1 aromatic carbocycles. The van der Waals surface area contributed by atoms with Crippen molar-refractivity contribution in [1.82, 2.24) is 5.32 Å². The molecule has 1 aromatic rings. The first kappa shape index (κ1) is 16.1. The van der Waals surface area contributed by atoms with Gasteiger partial charge < -0.3 is 25.6 Å². The maximum Gasteiger partial charge on any atom is 0.189 e. The molecule has 4 N–H and O–H groups in total. The molecule has 0 saturated carbocycles. The molecule has 0 spiro atoms. The molecule has 23 heavy (non-hydrogen) atoms. The first-order valence-electron chi connectivity index (χ1n) is 8.25. The number of fused-ring (bicyclic) bond motifs is 1. The molecular weight excluding hydrogens is 294 g/mol. The summed E-state index contributed by atoms with van der Waals surface area (Å²) in [6.45, 7) is 2.42. The summed E-state index contributed by atoms with van der Waals surface area (Å²) in [5, 5.41) is 13.7. The quantitative estimate of drug-likeness (QED) is 0.576. The number of ether oxygens (including phenoxy) is 2. The van der Waals surface area contributed by atoms with Crippen molar-refractivity contribution < 1.29 is 14.6 Å². The third-order valence-corrected chi connectivity index (χ3v) is 4.56. The highest BCUT2D eigenvalue weighted by molar-refractivity contribution is 5.78. The number of guanidine groups is 1. The summed E-state index contributed by atoms with van der Waals surface area (Å²) in [4.78, 5) is 4.37. The molecule has 0 aromatic heterocycles. The zero-order valence-electron chi connectivity index (χ0n) is 13.3. The lowest BCUT2D eigenvalue weighted by atomic mass is 9.91. The Morgan fingerprint density at radius 3 is 2.91 bits per heavy atom. The van der Waals surface area contributed by atoms with Gasteiger partial charge in [-0.05, 0) is 25.3 Å². The number of hydrogen-bond donors (Lipinski definition) is 3. The number of aliphatic imine (C=N–C) groups is 1. The summed E-state index contributed by atoms with van der Waals surface area (Å²) < 4.78 is 10.9. The molecule has 2 aliphatic rings. The standard InChI is InChI=1S/C17H25N3O3/c18-16(19-9-6-17(21)7-11-22-12-8-17)20-14-5-10-23-15-4-2-1-3-13(14)15/h1-4,14,21H,5-12H2,(H3,18,19,20). The zero-order chi connectivity index (χ0) is 16.1. The lowest BCUT2D eigenvalue weighted by Crippen LogP contribution is -2.39. The van der Waals surface area contributed by atoms with Gasteiger partial charge in [0.05, 0.1) is 18.2 Å². The average molecular weight is 319 g/mol. The van der Waals surface area contributed by atoms with Crippen LogP contribution in [0.15, 0.2) is 29.3 Å². The van der Waals surface area contributed by atoms with Crippen LogP contribution in [-0.2, 0) is 4.74 Å². The van der Waals surface area contributed by atoms with Gasteiger partial charge in [-0.3, -0.25) is 4.99 Å². The minimum atomic E-state index is -0.659. The summed E-state index contributed by atoms with van der Waals surface area (Å²) in [5.74, 6) is 1.32. The molecule has 0 bridgehead atoms. The van der Waals surface area contributed by atoms with Gasteiger partial charge in [-0.1, -0.05) is 18.2 Å². The van der Waals surface area contributed by atoms with Gasteiger partial charge >= 0.3 is 0 Å². The van der Waals surface area contributed by atoms with Crippen LogP contribution in [0.25, 0.3) is 0 Å². The second kappa shape index (κ2) is 7.19. The fourth-order valence-electron chi connectivity index (χ4n) is 3.10. The van der Waals surface area contributed by atoms with Gasteiger partial charge in [-0.2, -0.15) is 0 Å². The van der Waals surface area contributed by atoms with E-state index < -0.39 is 5.60 Å². The minimum Gasteiger partial charge on any atom is -0.493 e. The molecule has 1 atom stereocenters. The van der Waals surface area contributed by atoms with E-state index in [9.17, 15) is 5.11 Å². The Morgan fingerprint density at radius 1 is 1.30 bits per heavy atom. The van der Waals surface area contributed by atoms with E-state index in [0.29, 0.717) is 51.6 Å². The molecule has 126 valence electrons. The maximum absolute atomic E-state index is 10.4. The van der Waals surface area contributed by atoms with Gasteiger partial charge in [0.1, 0.15) is 5.75 Å². The Balaban J connectivity index is 1.54. The summed E-state index contributed by atoms with van der Waals surface area (Å²) in [6.07, 6.45) is 2.81. The van der Waals surface area contributed by atoms with Crippen molar-refractivity contribution >= 4 is 5.96 Å². The van der Waals surface area contributed by atoms with Crippen LogP contribution in [0.5, 0.6) is 5.75 Å². The van der Waals surface area contributed by atoms with Crippen LogP contribution >= 0.6 is 0 Å². The number of nitrogens with one attached hydrogen (secondary N) is 1. The van der Waals surface area contributed by atoms with E-state index in [1.807, 2.05) is 24.3 Å². The van der Waals surface area contributed by atoms with E-state index in [2.05, 4.69) is 10.3 Å². The van der Waals surface area contributed by atoms with Gasteiger partial charge in [0.2, 0.25) is 0 Å². The number of para-hydroxylation sites is 1. The van der Waals surface area contributed by atoms with Crippen molar-refractivity contribution in [1.29, 1.82) is 0 Å². The van der Waals surface area contributed by atoms with E-state index >= 15 is 0 Å². The lowest BCUT2D eigenvalue weighted by Gasteiger charge is -2.31. The van der Waals surface area contributed by atoms with E-state index in [0.717, 1.165) is 17.7 Å². The first-order chi connectivity index (χ1) is 11.2. The predicted octanol–water partition coefficient (Wildman–Crippen LogP) is 1.35. The Bertz CT molecular complexity index is 556. The fraction of sp³-hybridized carbons (Fsp3) is 0.588. The molecule has 2 aliphatic heterocycles. The molecule has 1 unspecified atom stereocenters. The molecule has 3 rings (SSSR count). The molecule has 0 amide bonds. The van der Waals surface area contributed by atoms with Gasteiger partial charge in [-0.15, -0.1) is 0 Å². The Kier molecular flexibility index (Phi) is 5.03. The van der Waals surface area contributed by atoms with Crippen LogP contribution in [0.2, 0.25) is 0 Å². The van der Waals surface area contributed by atoms with Gasteiger partial charge in [0, 0.05) is 31.7 Å². The molecular formula is C17H25N3O3. The second-order valence-corrected chi connectivity index (χ2v) is 6.23. The average Bonchev–Trinajstić information content (AvgIpc) is 2.56. The summed E-state index contributed by atoms with van der Waals surface area (Å²) in [6, 6.07) is 8.10. The number of nitrogens with two attached hydrogens (primary N) is 1. The molecule has 6 nitrogen and oxygen atoms in total. The van der Waals surface area contributed by atoms with Crippen LogP contribution in [0, 0.1) is 0 Å². The van der Waals surface area contributed by atoms with Crippen molar-refractivity contribution in [3.05, 3.63) is 29.8 Å². The highest BCUT2D eigenvalue weighted by Crippen LogP contribution is 2.31. The smallest absolute Gasteiger partial charge is 0.189 e. The highest BCUT2D eigenvalue weighted by Gasteiger charge is 2.29. The van der Waals surface area contributed by atoms with E-state index in [-0.39, 0.29) is 6.04 Å². The van der Waals surface area contributed by atoms with Crippen LogP contribution in [0.4, 0.5) is 0 Å². The van der Waals surface area contributed by atoms with Gasteiger partial charge in [0.25, 0.3) is 0 Å². The number of benzene rings is 1. The van der Waals surface area contributed by atoms with Gasteiger partial charge in [0.15, 0.2) is 5.96 Å².